The van der Waals surface area contributed by atoms with Gasteiger partial charge in [0.15, 0.2) is 0 Å². The summed E-state index contributed by atoms with van der Waals surface area (Å²) < 4.78 is 0. The SMILES string of the molecule is CC1=C(C)C(C)C2=C1C(C)(C)C(C)CC2. The van der Waals surface area contributed by atoms with Crippen molar-refractivity contribution in [3.63, 3.8) is 0 Å². The molecule has 0 radical (unpaired) electrons. The molecule has 0 spiro atoms. The van der Waals surface area contributed by atoms with Gasteiger partial charge in [-0.3, -0.25) is 0 Å². The molecule has 0 N–H and O–H groups in total. The van der Waals surface area contributed by atoms with Crippen LogP contribution in [0.4, 0.5) is 0 Å². The number of hydrogen-bond acceptors (Lipinski definition) is 0. The zero-order valence-electron chi connectivity index (χ0n) is 11.1. The van der Waals surface area contributed by atoms with Gasteiger partial charge in [-0.25, -0.2) is 0 Å². The minimum Gasteiger partial charge on any atom is -0.0632 e. The minimum atomic E-state index is 0.393. The maximum atomic E-state index is 2.43. The lowest BCUT2D eigenvalue weighted by Crippen LogP contribution is -2.29. The van der Waals surface area contributed by atoms with Crippen LogP contribution in [-0.2, 0) is 0 Å². The molecule has 0 amide bonds. The molecule has 2 atom stereocenters. The largest absolute Gasteiger partial charge is 0.0632 e. The molecule has 0 heteroatoms. The summed E-state index contributed by atoms with van der Waals surface area (Å²) in [7, 11) is 0. The van der Waals surface area contributed by atoms with Gasteiger partial charge in [0.25, 0.3) is 0 Å². The van der Waals surface area contributed by atoms with Crippen LogP contribution < -0.4 is 0 Å². The van der Waals surface area contributed by atoms with E-state index in [4.69, 9.17) is 0 Å². The Balaban J connectivity index is 2.55. The lowest BCUT2D eigenvalue weighted by molar-refractivity contribution is 0.252. The van der Waals surface area contributed by atoms with E-state index < -0.39 is 0 Å². The molecule has 2 rings (SSSR count). The van der Waals surface area contributed by atoms with Crippen LogP contribution in [0, 0.1) is 17.3 Å². The van der Waals surface area contributed by atoms with Crippen molar-refractivity contribution < 1.29 is 0 Å². The molecule has 0 saturated heterocycles. The van der Waals surface area contributed by atoms with Gasteiger partial charge in [0, 0.05) is 0 Å². The third-order valence-electron chi connectivity index (χ3n) is 5.18. The molecule has 2 unspecified atom stereocenters. The topological polar surface area (TPSA) is 0 Å². The summed E-state index contributed by atoms with van der Waals surface area (Å²) in [4.78, 5) is 0. The summed E-state index contributed by atoms with van der Waals surface area (Å²) in [6, 6.07) is 0. The number of rotatable bonds is 0. The van der Waals surface area contributed by atoms with Crippen LogP contribution in [-0.4, -0.2) is 0 Å². The molecule has 0 aromatic rings. The van der Waals surface area contributed by atoms with E-state index in [1.807, 2.05) is 0 Å². The summed E-state index contributed by atoms with van der Waals surface area (Å²) in [5, 5.41) is 0. The second kappa shape index (κ2) is 3.23. The Morgan fingerprint density at radius 1 is 1.13 bits per heavy atom. The maximum Gasteiger partial charge on any atom is -0.00122 e. The molecular formula is C15H24. The van der Waals surface area contributed by atoms with Gasteiger partial charge >= 0.3 is 0 Å². The first-order valence-corrected chi connectivity index (χ1v) is 6.28. The molecule has 2 aliphatic rings. The van der Waals surface area contributed by atoms with Crippen LogP contribution in [0.5, 0.6) is 0 Å². The molecule has 15 heavy (non-hydrogen) atoms. The second-order valence-corrected chi connectivity index (χ2v) is 6.09. The normalized spacial score (nSPS) is 34.8. The van der Waals surface area contributed by atoms with Gasteiger partial charge in [-0.1, -0.05) is 38.8 Å². The van der Waals surface area contributed by atoms with E-state index in [9.17, 15) is 0 Å². The van der Waals surface area contributed by atoms with Crippen molar-refractivity contribution in [2.45, 2.75) is 54.4 Å². The van der Waals surface area contributed by atoms with Crippen LogP contribution in [0.25, 0.3) is 0 Å². The summed E-state index contributed by atoms with van der Waals surface area (Å²) >= 11 is 0. The Morgan fingerprint density at radius 3 is 2.33 bits per heavy atom. The molecule has 0 saturated carbocycles. The predicted molar refractivity (Wildman–Crippen MR) is 66.7 cm³/mol. The summed E-state index contributed by atoms with van der Waals surface area (Å²) in [6.07, 6.45) is 2.70. The molecule has 84 valence electrons. The molecule has 0 fully saturated rings. The fourth-order valence-corrected chi connectivity index (χ4v) is 3.46. The Kier molecular flexibility index (Phi) is 2.37. The van der Waals surface area contributed by atoms with Gasteiger partial charge in [-0.2, -0.15) is 0 Å². The van der Waals surface area contributed by atoms with Gasteiger partial charge in [0.1, 0.15) is 0 Å². The van der Waals surface area contributed by atoms with E-state index in [0.29, 0.717) is 11.3 Å². The maximum absolute atomic E-state index is 2.43. The molecule has 2 aliphatic carbocycles. The molecule has 0 aromatic carbocycles. The lowest BCUT2D eigenvalue weighted by atomic mass is 9.65. The minimum absolute atomic E-state index is 0.393. The van der Waals surface area contributed by atoms with Gasteiger partial charge in [0.05, 0.1) is 0 Å². The summed E-state index contributed by atoms with van der Waals surface area (Å²) in [5.74, 6) is 1.54. The van der Waals surface area contributed by atoms with Crippen molar-refractivity contribution in [3.05, 3.63) is 22.3 Å². The first kappa shape index (κ1) is 11.0. The smallest absolute Gasteiger partial charge is 0.00122 e. The zero-order valence-corrected chi connectivity index (χ0v) is 11.1. The fourth-order valence-electron chi connectivity index (χ4n) is 3.46. The van der Waals surface area contributed by atoms with Crippen molar-refractivity contribution in [1.82, 2.24) is 0 Å². The second-order valence-electron chi connectivity index (χ2n) is 6.09. The Bertz CT molecular complexity index is 352. The van der Waals surface area contributed by atoms with Crippen LogP contribution in [0.2, 0.25) is 0 Å². The van der Waals surface area contributed by atoms with Crippen molar-refractivity contribution in [2.24, 2.45) is 17.3 Å². The van der Waals surface area contributed by atoms with Gasteiger partial charge < -0.3 is 0 Å². The van der Waals surface area contributed by atoms with Crippen LogP contribution >= 0.6 is 0 Å². The third kappa shape index (κ3) is 1.33. The highest BCUT2D eigenvalue weighted by molar-refractivity contribution is 5.52. The van der Waals surface area contributed by atoms with E-state index in [-0.39, 0.29) is 0 Å². The molecule has 0 heterocycles. The Hall–Kier alpha value is -0.520. The number of hydrogen-bond donors (Lipinski definition) is 0. The average molecular weight is 204 g/mol. The molecule has 0 aromatic heterocycles. The van der Waals surface area contributed by atoms with Crippen LogP contribution in [0.15, 0.2) is 22.3 Å². The molecule has 0 nitrogen and oxygen atoms in total. The fraction of sp³-hybridized carbons (Fsp3) is 0.733. The molecule has 0 aliphatic heterocycles. The van der Waals surface area contributed by atoms with E-state index in [0.717, 1.165) is 5.92 Å². The van der Waals surface area contributed by atoms with Crippen molar-refractivity contribution >= 4 is 0 Å². The van der Waals surface area contributed by atoms with E-state index >= 15 is 0 Å². The average Bonchev–Trinajstić information content (AvgIpc) is 2.38. The lowest BCUT2D eigenvalue weighted by Gasteiger charge is -2.40. The van der Waals surface area contributed by atoms with E-state index in [1.54, 1.807) is 22.3 Å². The van der Waals surface area contributed by atoms with Crippen LogP contribution in [0.3, 0.4) is 0 Å². The van der Waals surface area contributed by atoms with Gasteiger partial charge in [-0.15, -0.1) is 0 Å². The van der Waals surface area contributed by atoms with Crippen molar-refractivity contribution in [3.8, 4) is 0 Å². The van der Waals surface area contributed by atoms with Gasteiger partial charge in [0.2, 0.25) is 0 Å². The summed E-state index contributed by atoms with van der Waals surface area (Å²) in [6.45, 7) is 14.3. The highest BCUT2D eigenvalue weighted by atomic mass is 14.5. The monoisotopic (exact) mass is 204 g/mol. The third-order valence-corrected chi connectivity index (χ3v) is 5.18. The predicted octanol–water partition coefficient (Wildman–Crippen LogP) is 4.73. The van der Waals surface area contributed by atoms with Crippen molar-refractivity contribution in [1.29, 1.82) is 0 Å². The highest BCUT2D eigenvalue weighted by Crippen LogP contribution is 2.54. The first-order chi connectivity index (χ1) is 6.87. The van der Waals surface area contributed by atoms with E-state index in [1.165, 1.54) is 12.8 Å². The Morgan fingerprint density at radius 2 is 1.73 bits per heavy atom. The molecular weight excluding hydrogens is 180 g/mol. The summed E-state index contributed by atoms with van der Waals surface area (Å²) in [5.41, 5.74) is 7.04. The highest BCUT2D eigenvalue weighted by Gasteiger charge is 2.41. The zero-order chi connectivity index (χ0) is 11.4. The van der Waals surface area contributed by atoms with Crippen LogP contribution in [0.1, 0.15) is 54.4 Å². The quantitative estimate of drug-likeness (QED) is 0.535. The standard InChI is InChI=1S/C15H24/c1-9-7-8-13-11(3)10(2)12(4)14(13)15(9,5)6/h9,11H,7-8H2,1-6H3. The van der Waals surface area contributed by atoms with Gasteiger partial charge in [-0.05, 0) is 55.1 Å². The number of allylic oxidation sites excluding steroid dienone is 4. The first-order valence-electron chi connectivity index (χ1n) is 6.28. The van der Waals surface area contributed by atoms with E-state index in [2.05, 4.69) is 41.5 Å². The molecule has 0 bridgehead atoms. The van der Waals surface area contributed by atoms with Crippen molar-refractivity contribution in [2.75, 3.05) is 0 Å². The Labute approximate surface area is 94.5 Å².